The third kappa shape index (κ3) is 1.98. The van der Waals surface area contributed by atoms with Gasteiger partial charge in [0, 0.05) is 6.42 Å². The van der Waals surface area contributed by atoms with Crippen molar-refractivity contribution in [3.63, 3.8) is 0 Å². The van der Waals surface area contributed by atoms with Gasteiger partial charge in [-0.3, -0.25) is 0 Å². The fraction of sp³-hybridized carbons (Fsp3) is 0.250. The van der Waals surface area contributed by atoms with Gasteiger partial charge in [-0.25, -0.2) is 9.97 Å². The maximum Gasteiger partial charge on any atom is 0.162 e. The molecule has 4 nitrogen and oxygen atoms in total. The molecule has 3 heterocycles. The molecule has 1 unspecified atom stereocenters. The number of halogens is 1. The second-order valence-corrected chi connectivity index (χ2v) is 5.59. The fourth-order valence-electron chi connectivity index (χ4n) is 3.06. The lowest BCUT2D eigenvalue weighted by molar-refractivity contribution is 0.413. The maximum atomic E-state index is 6.05. The molecule has 0 fully saturated rings. The van der Waals surface area contributed by atoms with Crippen molar-refractivity contribution in [2.75, 3.05) is 7.11 Å². The van der Waals surface area contributed by atoms with Crippen molar-refractivity contribution in [1.29, 1.82) is 0 Å². The Bertz CT molecular complexity index is 828. The number of benzene rings is 1. The largest absolute Gasteiger partial charge is 0.497 e. The Balaban J connectivity index is 1.88. The van der Waals surface area contributed by atoms with Crippen LogP contribution >= 0.6 is 11.6 Å². The van der Waals surface area contributed by atoms with E-state index in [9.17, 15) is 0 Å². The van der Waals surface area contributed by atoms with Crippen molar-refractivity contribution in [1.82, 2.24) is 14.5 Å². The SMILES string of the molecule is COc1cccc(C2CCc3nc4ccc(Cl)nc4n32)c1. The lowest BCUT2D eigenvalue weighted by Gasteiger charge is -2.15. The van der Waals surface area contributed by atoms with E-state index in [1.165, 1.54) is 5.56 Å². The number of imidazole rings is 1. The summed E-state index contributed by atoms with van der Waals surface area (Å²) in [6.07, 6.45) is 1.98. The molecule has 1 aliphatic heterocycles. The molecule has 0 amide bonds. The number of pyridine rings is 1. The predicted octanol–water partition coefficient (Wildman–Crippen LogP) is 3.63. The van der Waals surface area contributed by atoms with Gasteiger partial charge in [-0.15, -0.1) is 0 Å². The number of aromatic nitrogens is 3. The molecule has 0 aliphatic carbocycles. The highest BCUT2D eigenvalue weighted by Gasteiger charge is 2.28. The third-order valence-corrected chi connectivity index (χ3v) is 4.22. The number of nitrogens with zero attached hydrogens (tertiary/aromatic N) is 3. The van der Waals surface area contributed by atoms with Crippen molar-refractivity contribution >= 4 is 22.8 Å². The highest BCUT2D eigenvalue weighted by atomic mass is 35.5. The summed E-state index contributed by atoms with van der Waals surface area (Å²) >= 11 is 6.05. The van der Waals surface area contributed by atoms with Gasteiger partial charge in [-0.05, 0) is 36.2 Å². The molecular formula is C16H14ClN3O. The number of ether oxygens (including phenoxy) is 1. The molecule has 0 bridgehead atoms. The fourth-order valence-corrected chi connectivity index (χ4v) is 3.20. The number of hydrogen-bond acceptors (Lipinski definition) is 3. The smallest absolute Gasteiger partial charge is 0.162 e. The van der Waals surface area contributed by atoms with Gasteiger partial charge in [0.1, 0.15) is 22.2 Å². The Hall–Kier alpha value is -2.07. The Morgan fingerprint density at radius 2 is 2.14 bits per heavy atom. The Morgan fingerprint density at radius 3 is 3.00 bits per heavy atom. The third-order valence-electron chi connectivity index (χ3n) is 4.01. The molecule has 0 radical (unpaired) electrons. The van der Waals surface area contributed by atoms with E-state index in [-0.39, 0.29) is 6.04 Å². The van der Waals surface area contributed by atoms with E-state index in [4.69, 9.17) is 16.3 Å². The summed E-state index contributed by atoms with van der Waals surface area (Å²) < 4.78 is 7.53. The minimum Gasteiger partial charge on any atom is -0.497 e. The Morgan fingerprint density at radius 1 is 1.24 bits per heavy atom. The van der Waals surface area contributed by atoms with Gasteiger partial charge in [-0.1, -0.05) is 23.7 Å². The first-order valence-electron chi connectivity index (χ1n) is 6.93. The number of rotatable bonds is 2. The first-order chi connectivity index (χ1) is 10.3. The van der Waals surface area contributed by atoms with Crippen molar-refractivity contribution < 1.29 is 4.74 Å². The Labute approximate surface area is 127 Å². The van der Waals surface area contributed by atoms with Crippen LogP contribution in [0.2, 0.25) is 5.15 Å². The first kappa shape index (κ1) is 12.7. The summed E-state index contributed by atoms with van der Waals surface area (Å²) in [4.78, 5) is 9.12. The van der Waals surface area contributed by atoms with Crippen LogP contribution in [0.1, 0.15) is 23.9 Å². The summed E-state index contributed by atoms with van der Waals surface area (Å²) in [5.74, 6) is 1.95. The number of methoxy groups -OCH3 is 1. The van der Waals surface area contributed by atoms with E-state index in [0.717, 1.165) is 35.6 Å². The van der Waals surface area contributed by atoms with Crippen LogP contribution < -0.4 is 4.74 Å². The van der Waals surface area contributed by atoms with Crippen LogP contribution in [0, 0.1) is 0 Å². The van der Waals surface area contributed by atoms with Crippen LogP contribution in [0.15, 0.2) is 36.4 Å². The summed E-state index contributed by atoms with van der Waals surface area (Å²) in [5, 5.41) is 0.501. The number of hydrogen-bond donors (Lipinski definition) is 0. The van der Waals surface area contributed by atoms with Crippen LogP contribution in [-0.2, 0) is 6.42 Å². The van der Waals surface area contributed by atoms with Crippen LogP contribution in [0.4, 0.5) is 0 Å². The van der Waals surface area contributed by atoms with E-state index < -0.39 is 0 Å². The van der Waals surface area contributed by atoms with Crippen molar-refractivity contribution in [2.24, 2.45) is 0 Å². The van der Waals surface area contributed by atoms with Crippen molar-refractivity contribution in [3.8, 4) is 5.75 Å². The molecule has 106 valence electrons. The topological polar surface area (TPSA) is 39.9 Å². The van der Waals surface area contributed by atoms with Gasteiger partial charge in [0.2, 0.25) is 0 Å². The monoisotopic (exact) mass is 299 g/mol. The maximum absolute atomic E-state index is 6.05. The standard InChI is InChI=1S/C16H14ClN3O/c1-21-11-4-2-3-10(9-11)13-6-8-15-18-12-5-7-14(17)19-16(12)20(13)15/h2-5,7,9,13H,6,8H2,1H3. The molecule has 2 aromatic heterocycles. The molecule has 1 atom stereocenters. The second kappa shape index (κ2) is 4.74. The van der Waals surface area contributed by atoms with Gasteiger partial charge >= 0.3 is 0 Å². The van der Waals surface area contributed by atoms with E-state index in [1.54, 1.807) is 13.2 Å². The molecular weight excluding hydrogens is 286 g/mol. The summed E-state index contributed by atoms with van der Waals surface area (Å²) in [7, 11) is 1.69. The summed E-state index contributed by atoms with van der Waals surface area (Å²) in [6.45, 7) is 0. The summed E-state index contributed by atoms with van der Waals surface area (Å²) in [5.41, 5.74) is 2.99. The van der Waals surface area contributed by atoms with Gasteiger partial charge in [0.05, 0.1) is 13.2 Å². The minimum absolute atomic E-state index is 0.242. The first-order valence-corrected chi connectivity index (χ1v) is 7.31. The highest BCUT2D eigenvalue weighted by molar-refractivity contribution is 6.29. The number of fused-ring (bicyclic) bond motifs is 3. The highest BCUT2D eigenvalue weighted by Crippen LogP contribution is 2.36. The Kier molecular flexibility index (Phi) is 2.86. The van der Waals surface area contributed by atoms with Crippen LogP contribution in [0.25, 0.3) is 11.2 Å². The zero-order chi connectivity index (χ0) is 14.4. The molecule has 5 heteroatoms. The molecule has 0 saturated carbocycles. The normalized spacial score (nSPS) is 17.1. The van der Waals surface area contributed by atoms with Crippen molar-refractivity contribution in [2.45, 2.75) is 18.9 Å². The van der Waals surface area contributed by atoms with E-state index in [2.05, 4.69) is 26.7 Å². The zero-order valence-electron chi connectivity index (χ0n) is 11.6. The quantitative estimate of drug-likeness (QED) is 0.678. The molecule has 0 N–H and O–H groups in total. The van der Waals surface area contributed by atoms with Crippen molar-refractivity contribution in [3.05, 3.63) is 52.9 Å². The molecule has 0 spiro atoms. The number of aryl methyl sites for hydroxylation is 1. The lowest BCUT2D eigenvalue weighted by Crippen LogP contribution is -2.06. The molecule has 21 heavy (non-hydrogen) atoms. The van der Waals surface area contributed by atoms with Crippen LogP contribution in [-0.4, -0.2) is 21.6 Å². The van der Waals surface area contributed by atoms with E-state index in [0.29, 0.717) is 5.15 Å². The van der Waals surface area contributed by atoms with Gasteiger partial charge < -0.3 is 9.30 Å². The van der Waals surface area contributed by atoms with Gasteiger partial charge in [-0.2, -0.15) is 0 Å². The minimum atomic E-state index is 0.242. The van der Waals surface area contributed by atoms with E-state index in [1.807, 2.05) is 18.2 Å². The summed E-state index contributed by atoms with van der Waals surface area (Å²) in [6, 6.07) is 12.1. The second-order valence-electron chi connectivity index (χ2n) is 5.21. The molecule has 0 saturated heterocycles. The molecule has 4 rings (SSSR count). The zero-order valence-corrected chi connectivity index (χ0v) is 12.3. The average molecular weight is 300 g/mol. The van der Waals surface area contributed by atoms with E-state index >= 15 is 0 Å². The lowest BCUT2D eigenvalue weighted by atomic mass is 10.0. The molecule has 3 aromatic rings. The van der Waals surface area contributed by atoms with Gasteiger partial charge in [0.25, 0.3) is 0 Å². The molecule has 1 aliphatic rings. The van der Waals surface area contributed by atoms with Crippen LogP contribution in [0.3, 0.4) is 0 Å². The molecule has 1 aromatic carbocycles. The predicted molar refractivity (Wildman–Crippen MR) is 82.0 cm³/mol. The average Bonchev–Trinajstić information content (AvgIpc) is 3.06. The van der Waals surface area contributed by atoms with Gasteiger partial charge in [0.15, 0.2) is 5.65 Å². The van der Waals surface area contributed by atoms with Crippen LogP contribution in [0.5, 0.6) is 5.75 Å².